The highest BCUT2D eigenvalue weighted by atomic mass is 16.5. The molecule has 1 fully saturated rings. The number of rotatable bonds is 8. The molecule has 2 amide bonds. The van der Waals surface area contributed by atoms with Crippen molar-refractivity contribution in [3.05, 3.63) is 41.8 Å². The van der Waals surface area contributed by atoms with Crippen LogP contribution in [0, 0.1) is 5.92 Å². The molecular formula is C21H27N3O4. The van der Waals surface area contributed by atoms with E-state index < -0.39 is 0 Å². The molecule has 0 unspecified atom stereocenters. The molecular weight excluding hydrogens is 358 g/mol. The van der Waals surface area contributed by atoms with Crippen molar-refractivity contribution in [2.45, 2.75) is 58.6 Å². The average Bonchev–Trinajstić information content (AvgIpc) is 3.32. The lowest BCUT2D eigenvalue weighted by Crippen LogP contribution is -2.32. The van der Waals surface area contributed by atoms with Crippen LogP contribution in [0.15, 0.2) is 34.9 Å². The van der Waals surface area contributed by atoms with Crippen LogP contribution in [-0.2, 0) is 11.4 Å². The molecule has 7 heteroatoms. The zero-order chi connectivity index (χ0) is 19.9. The molecule has 28 heavy (non-hydrogen) atoms. The Kier molecular flexibility index (Phi) is 6.68. The predicted molar refractivity (Wildman–Crippen MR) is 105 cm³/mol. The molecule has 0 aliphatic heterocycles. The monoisotopic (exact) mass is 385 g/mol. The molecule has 1 aromatic heterocycles. The summed E-state index contributed by atoms with van der Waals surface area (Å²) in [6.07, 6.45) is 4.84. The molecule has 1 heterocycles. The molecule has 0 bridgehead atoms. The summed E-state index contributed by atoms with van der Waals surface area (Å²) in [5.74, 6) is 1.22. The van der Waals surface area contributed by atoms with Gasteiger partial charge >= 0.3 is 0 Å². The lowest BCUT2D eigenvalue weighted by Gasteiger charge is -2.09. The van der Waals surface area contributed by atoms with E-state index in [0.29, 0.717) is 23.8 Å². The third-order valence-corrected chi connectivity index (χ3v) is 4.59. The summed E-state index contributed by atoms with van der Waals surface area (Å²) in [5, 5.41) is 9.66. The number of benzene rings is 1. The van der Waals surface area contributed by atoms with Crippen LogP contribution in [0.2, 0.25) is 0 Å². The van der Waals surface area contributed by atoms with E-state index in [9.17, 15) is 9.59 Å². The Morgan fingerprint density at radius 3 is 2.61 bits per heavy atom. The topological polar surface area (TPSA) is 93.5 Å². The van der Waals surface area contributed by atoms with Gasteiger partial charge in [-0.3, -0.25) is 9.59 Å². The first-order chi connectivity index (χ1) is 13.5. The van der Waals surface area contributed by atoms with Gasteiger partial charge in [-0.2, -0.15) is 0 Å². The minimum atomic E-state index is -0.205. The van der Waals surface area contributed by atoms with Crippen molar-refractivity contribution >= 4 is 17.5 Å². The maximum Gasteiger partial charge on any atom is 0.273 e. The highest BCUT2D eigenvalue weighted by molar-refractivity contribution is 5.92. The smallest absolute Gasteiger partial charge is 0.273 e. The minimum Gasteiger partial charge on any atom is -0.486 e. The molecule has 0 saturated heterocycles. The Balaban J connectivity index is 1.47. The molecule has 1 aromatic carbocycles. The van der Waals surface area contributed by atoms with Gasteiger partial charge in [0.2, 0.25) is 5.91 Å². The number of amides is 2. The van der Waals surface area contributed by atoms with Gasteiger partial charge in [0.25, 0.3) is 5.91 Å². The number of anilines is 1. The van der Waals surface area contributed by atoms with Crippen LogP contribution in [0.3, 0.4) is 0 Å². The zero-order valence-electron chi connectivity index (χ0n) is 16.4. The maximum absolute atomic E-state index is 12.2. The fourth-order valence-corrected chi connectivity index (χ4v) is 3.19. The van der Waals surface area contributed by atoms with Gasteiger partial charge in [0.05, 0.1) is 0 Å². The molecule has 2 N–H and O–H groups in total. The molecule has 1 saturated carbocycles. The molecule has 3 rings (SSSR count). The highest BCUT2D eigenvalue weighted by Crippen LogP contribution is 2.19. The lowest BCUT2D eigenvalue weighted by molar-refractivity contribution is -0.116. The van der Waals surface area contributed by atoms with Crippen LogP contribution in [-0.4, -0.2) is 23.0 Å². The summed E-state index contributed by atoms with van der Waals surface area (Å²) in [6, 6.07) is 8.96. The Hall–Kier alpha value is -2.83. The Morgan fingerprint density at radius 1 is 1.21 bits per heavy atom. The normalized spacial score (nSPS) is 14.2. The van der Waals surface area contributed by atoms with E-state index in [1.165, 1.54) is 0 Å². The van der Waals surface area contributed by atoms with Crippen LogP contribution in [0.5, 0.6) is 5.75 Å². The predicted octanol–water partition coefficient (Wildman–Crippen LogP) is 3.91. The Labute approximate surface area is 164 Å². The van der Waals surface area contributed by atoms with E-state index in [2.05, 4.69) is 15.8 Å². The van der Waals surface area contributed by atoms with Gasteiger partial charge in [-0.15, -0.1) is 0 Å². The molecule has 0 spiro atoms. The first kappa shape index (κ1) is 19.9. The summed E-state index contributed by atoms with van der Waals surface area (Å²) in [7, 11) is 0. The largest absolute Gasteiger partial charge is 0.486 e. The fourth-order valence-electron chi connectivity index (χ4n) is 3.19. The summed E-state index contributed by atoms with van der Waals surface area (Å²) >= 11 is 0. The highest BCUT2D eigenvalue weighted by Gasteiger charge is 2.20. The van der Waals surface area contributed by atoms with E-state index in [4.69, 9.17) is 9.26 Å². The van der Waals surface area contributed by atoms with Gasteiger partial charge in [-0.05, 0) is 43.0 Å². The number of nitrogens with zero attached hydrogens (tertiary/aromatic N) is 1. The van der Waals surface area contributed by atoms with Crippen molar-refractivity contribution in [3.8, 4) is 5.75 Å². The lowest BCUT2D eigenvalue weighted by atomic mass is 10.1. The summed E-state index contributed by atoms with van der Waals surface area (Å²) < 4.78 is 10.9. The number of hydrogen-bond acceptors (Lipinski definition) is 5. The second-order valence-electron chi connectivity index (χ2n) is 7.59. The van der Waals surface area contributed by atoms with E-state index in [1.54, 1.807) is 30.3 Å². The standard InChI is InChI=1S/C21H27N3O4/c1-14(2)11-20(25)22-16-7-9-17(10-8-16)27-13-18-12-19(24-28-18)21(26)23-15-5-3-4-6-15/h7-10,12,14-15H,3-6,11,13H2,1-2H3,(H,22,25)(H,23,26). The van der Waals surface area contributed by atoms with Gasteiger partial charge < -0.3 is 19.9 Å². The van der Waals surface area contributed by atoms with E-state index >= 15 is 0 Å². The van der Waals surface area contributed by atoms with Crippen LogP contribution < -0.4 is 15.4 Å². The van der Waals surface area contributed by atoms with Crippen LogP contribution in [0.25, 0.3) is 0 Å². The zero-order valence-corrected chi connectivity index (χ0v) is 16.4. The van der Waals surface area contributed by atoms with E-state index in [-0.39, 0.29) is 30.2 Å². The summed E-state index contributed by atoms with van der Waals surface area (Å²) in [4.78, 5) is 24.0. The first-order valence-electron chi connectivity index (χ1n) is 9.79. The number of carbonyl (C=O) groups excluding carboxylic acids is 2. The maximum atomic E-state index is 12.2. The van der Waals surface area contributed by atoms with Gasteiger partial charge in [0.1, 0.15) is 12.4 Å². The minimum absolute atomic E-state index is 0.00580. The van der Waals surface area contributed by atoms with E-state index in [0.717, 1.165) is 31.4 Å². The van der Waals surface area contributed by atoms with Crippen molar-refractivity contribution in [3.63, 3.8) is 0 Å². The number of carbonyl (C=O) groups is 2. The van der Waals surface area contributed by atoms with Crippen molar-refractivity contribution < 1.29 is 18.8 Å². The first-order valence-corrected chi connectivity index (χ1v) is 9.79. The number of hydrogen-bond donors (Lipinski definition) is 2. The Morgan fingerprint density at radius 2 is 1.93 bits per heavy atom. The fraction of sp³-hybridized carbons (Fsp3) is 0.476. The van der Waals surface area contributed by atoms with E-state index in [1.807, 2.05) is 13.8 Å². The third-order valence-electron chi connectivity index (χ3n) is 4.59. The van der Waals surface area contributed by atoms with Gasteiger partial charge in [-0.25, -0.2) is 0 Å². The summed E-state index contributed by atoms with van der Waals surface area (Å²) in [6.45, 7) is 4.18. The molecule has 0 radical (unpaired) electrons. The second kappa shape index (κ2) is 9.39. The molecule has 1 aliphatic carbocycles. The van der Waals surface area contributed by atoms with Crippen molar-refractivity contribution in [1.29, 1.82) is 0 Å². The van der Waals surface area contributed by atoms with Crippen LogP contribution in [0.1, 0.15) is 62.2 Å². The second-order valence-corrected chi connectivity index (χ2v) is 7.59. The van der Waals surface area contributed by atoms with Gasteiger partial charge in [-0.1, -0.05) is 31.8 Å². The van der Waals surface area contributed by atoms with Crippen molar-refractivity contribution in [2.75, 3.05) is 5.32 Å². The SMILES string of the molecule is CC(C)CC(=O)Nc1ccc(OCc2cc(C(=O)NC3CCCC3)no2)cc1. The molecule has 7 nitrogen and oxygen atoms in total. The van der Waals surface area contributed by atoms with Gasteiger partial charge in [0, 0.05) is 24.2 Å². The average molecular weight is 385 g/mol. The van der Waals surface area contributed by atoms with Crippen molar-refractivity contribution in [2.24, 2.45) is 5.92 Å². The molecule has 0 atom stereocenters. The molecule has 150 valence electrons. The Bertz CT molecular complexity index is 792. The van der Waals surface area contributed by atoms with Crippen LogP contribution in [0.4, 0.5) is 5.69 Å². The molecule has 1 aliphatic rings. The number of aromatic nitrogens is 1. The summed E-state index contributed by atoms with van der Waals surface area (Å²) in [5.41, 5.74) is 0.997. The number of ether oxygens (including phenoxy) is 1. The number of nitrogens with one attached hydrogen (secondary N) is 2. The quantitative estimate of drug-likeness (QED) is 0.718. The van der Waals surface area contributed by atoms with Crippen LogP contribution >= 0.6 is 0 Å². The molecule has 2 aromatic rings. The van der Waals surface area contributed by atoms with Crippen molar-refractivity contribution in [1.82, 2.24) is 10.5 Å². The third kappa shape index (κ3) is 5.84. The van der Waals surface area contributed by atoms with Gasteiger partial charge in [0.15, 0.2) is 11.5 Å².